The Hall–Kier alpha value is -1.57. The van der Waals surface area contributed by atoms with E-state index in [1.54, 1.807) is 0 Å². The fraction of sp³-hybridized carbons (Fsp3) is 0.700. The Morgan fingerprint density at radius 2 is 1.25 bits per heavy atom. The lowest BCUT2D eigenvalue weighted by molar-refractivity contribution is 0.318. The van der Waals surface area contributed by atoms with Crippen LogP contribution in [0.4, 0.5) is 0 Å². The average molecular weight is 439 g/mol. The minimum absolute atomic E-state index is 0.555. The first-order valence-electron chi connectivity index (χ1n) is 13.8. The molecule has 0 aliphatic carbocycles. The van der Waals surface area contributed by atoms with Crippen molar-refractivity contribution in [1.29, 1.82) is 0 Å². The summed E-state index contributed by atoms with van der Waals surface area (Å²) in [6, 6.07) is 11.5. The molecule has 0 bridgehead atoms. The molecule has 2 aromatic rings. The van der Waals surface area contributed by atoms with Crippen molar-refractivity contribution < 1.29 is 0 Å². The molecule has 2 unspecified atom stereocenters. The molecule has 2 heteroatoms. The number of rotatable bonds is 20. The van der Waals surface area contributed by atoms with E-state index in [-0.39, 0.29) is 0 Å². The summed E-state index contributed by atoms with van der Waals surface area (Å²) in [4.78, 5) is 4.32. The van der Waals surface area contributed by atoms with Gasteiger partial charge in [-0.1, -0.05) is 140 Å². The second-order valence-electron chi connectivity index (χ2n) is 9.98. The Kier molecular flexibility index (Phi) is 14.9. The number of hydrogen-bond donors (Lipinski definition) is 0. The SMILES string of the molecule is CCCCCCCCCCCCCCCCCC(C(C)Cc1ccccc1)n1ccnc1. The van der Waals surface area contributed by atoms with Gasteiger partial charge in [0.2, 0.25) is 0 Å². The number of benzene rings is 1. The van der Waals surface area contributed by atoms with Gasteiger partial charge in [0.05, 0.1) is 6.33 Å². The van der Waals surface area contributed by atoms with Crippen LogP contribution in [0, 0.1) is 5.92 Å². The first-order chi connectivity index (χ1) is 15.8. The van der Waals surface area contributed by atoms with E-state index >= 15 is 0 Å². The molecule has 0 spiro atoms. The van der Waals surface area contributed by atoms with Crippen molar-refractivity contribution in [2.75, 3.05) is 0 Å². The summed E-state index contributed by atoms with van der Waals surface area (Å²) in [6.07, 6.45) is 29.9. The number of aromatic nitrogens is 2. The molecule has 1 heterocycles. The first kappa shape index (κ1) is 26.7. The highest BCUT2D eigenvalue weighted by Crippen LogP contribution is 2.28. The maximum absolute atomic E-state index is 4.32. The molecule has 0 saturated carbocycles. The molecule has 0 radical (unpaired) electrons. The highest BCUT2D eigenvalue weighted by atomic mass is 15.1. The zero-order chi connectivity index (χ0) is 22.7. The van der Waals surface area contributed by atoms with Gasteiger partial charge in [-0.15, -0.1) is 0 Å². The van der Waals surface area contributed by atoms with E-state index in [0.29, 0.717) is 12.0 Å². The van der Waals surface area contributed by atoms with E-state index < -0.39 is 0 Å². The van der Waals surface area contributed by atoms with Crippen molar-refractivity contribution in [3.8, 4) is 0 Å². The molecule has 0 fully saturated rings. The fourth-order valence-electron chi connectivity index (χ4n) is 5.04. The van der Waals surface area contributed by atoms with Crippen LogP contribution in [0.15, 0.2) is 49.1 Å². The second-order valence-corrected chi connectivity index (χ2v) is 9.98. The molecule has 32 heavy (non-hydrogen) atoms. The van der Waals surface area contributed by atoms with Gasteiger partial charge in [0.1, 0.15) is 0 Å². The molecule has 0 aliphatic rings. The largest absolute Gasteiger partial charge is 0.334 e. The van der Waals surface area contributed by atoms with Gasteiger partial charge in [0, 0.05) is 18.4 Å². The zero-order valence-corrected chi connectivity index (χ0v) is 21.2. The number of nitrogens with zero attached hydrogens (tertiary/aromatic N) is 2. The van der Waals surface area contributed by atoms with E-state index in [1.807, 2.05) is 12.5 Å². The smallest absolute Gasteiger partial charge is 0.0948 e. The van der Waals surface area contributed by atoms with Crippen molar-refractivity contribution in [2.24, 2.45) is 5.92 Å². The normalized spacial score (nSPS) is 13.3. The van der Waals surface area contributed by atoms with Crippen molar-refractivity contribution in [3.05, 3.63) is 54.6 Å². The molecular formula is C30H50N2. The van der Waals surface area contributed by atoms with Gasteiger partial charge in [-0.25, -0.2) is 4.98 Å². The standard InChI is InChI=1S/C30H50N2/c1-3-4-5-6-7-8-9-10-11-12-13-14-15-16-20-23-30(32-25-24-31-27-32)28(2)26-29-21-18-17-19-22-29/h17-19,21-22,24-25,27-28,30H,3-16,20,23,26H2,1-2H3. The van der Waals surface area contributed by atoms with Crippen molar-refractivity contribution in [1.82, 2.24) is 9.55 Å². The Labute approximate surface area is 199 Å². The zero-order valence-electron chi connectivity index (χ0n) is 21.2. The highest BCUT2D eigenvalue weighted by Gasteiger charge is 2.18. The van der Waals surface area contributed by atoms with Gasteiger partial charge >= 0.3 is 0 Å². The molecule has 2 nitrogen and oxygen atoms in total. The van der Waals surface area contributed by atoms with Gasteiger partial charge in [-0.05, 0) is 24.3 Å². The fourth-order valence-corrected chi connectivity index (χ4v) is 5.04. The average Bonchev–Trinajstić information content (AvgIpc) is 3.34. The second kappa shape index (κ2) is 17.9. The topological polar surface area (TPSA) is 17.8 Å². The molecule has 1 aromatic carbocycles. The van der Waals surface area contributed by atoms with Crippen molar-refractivity contribution in [2.45, 2.75) is 129 Å². The Morgan fingerprint density at radius 3 is 1.75 bits per heavy atom. The first-order valence-corrected chi connectivity index (χ1v) is 13.8. The van der Waals surface area contributed by atoms with Gasteiger partial charge in [0.15, 0.2) is 0 Å². The van der Waals surface area contributed by atoms with E-state index in [0.717, 1.165) is 6.42 Å². The molecule has 2 atom stereocenters. The van der Waals surface area contributed by atoms with Gasteiger partial charge in [-0.2, -0.15) is 0 Å². The van der Waals surface area contributed by atoms with Crippen LogP contribution in [0.25, 0.3) is 0 Å². The monoisotopic (exact) mass is 438 g/mol. The number of imidazole rings is 1. The van der Waals surface area contributed by atoms with E-state index in [9.17, 15) is 0 Å². The van der Waals surface area contributed by atoms with Crippen LogP contribution in [0.1, 0.15) is 128 Å². The molecule has 180 valence electrons. The van der Waals surface area contributed by atoms with Crippen LogP contribution >= 0.6 is 0 Å². The number of hydrogen-bond acceptors (Lipinski definition) is 1. The molecule has 2 rings (SSSR count). The summed E-state index contributed by atoms with van der Waals surface area (Å²) < 4.78 is 2.34. The molecular weight excluding hydrogens is 388 g/mol. The van der Waals surface area contributed by atoms with E-state index in [4.69, 9.17) is 0 Å². The maximum Gasteiger partial charge on any atom is 0.0948 e. The van der Waals surface area contributed by atoms with Gasteiger partial charge in [-0.3, -0.25) is 0 Å². The summed E-state index contributed by atoms with van der Waals surface area (Å²) in [6.45, 7) is 4.70. The molecule has 1 aromatic heterocycles. The van der Waals surface area contributed by atoms with Crippen LogP contribution in [0.2, 0.25) is 0 Å². The lowest BCUT2D eigenvalue weighted by Crippen LogP contribution is -2.18. The van der Waals surface area contributed by atoms with Crippen molar-refractivity contribution in [3.63, 3.8) is 0 Å². The maximum atomic E-state index is 4.32. The van der Waals surface area contributed by atoms with Crippen LogP contribution in [0.5, 0.6) is 0 Å². The summed E-state index contributed by atoms with van der Waals surface area (Å²) in [5.41, 5.74) is 1.45. The van der Waals surface area contributed by atoms with E-state index in [2.05, 4.69) is 59.9 Å². The molecule has 0 saturated heterocycles. The third kappa shape index (κ3) is 11.9. The molecule has 0 N–H and O–H groups in total. The van der Waals surface area contributed by atoms with Gasteiger partial charge in [0.25, 0.3) is 0 Å². The quantitative estimate of drug-likeness (QED) is 0.188. The van der Waals surface area contributed by atoms with Gasteiger partial charge < -0.3 is 4.57 Å². The van der Waals surface area contributed by atoms with Crippen molar-refractivity contribution >= 4 is 0 Å². The third-order valence-electron chi connectivity index (χ3n) is 7.07. The Balaban J connectivity index is 1.50. The minimum atomic E-state index is 0.555. The third-order valence-corrected chi connectivity index (χ3v) is 7.07. The summed E-state index contributed by atoms with van der Waals surface area (Å²) in [5, 5.41) is 0. The minimum Gasteiger partial charge on any atom is -0.334 e. The Morgan fingerprint density at radius 1 is 0.719 bits per heavy atom. The lowest BCUT2D eigenvalue weighted by Gasteiger charge is -2.25. The predicted molar refractivity (Wildman–Crippen MR) is 140 cm³/mol. The van der Waals surface area contributed by atoms with Crippen LogP contribution in [0.3, 0.4) is 0 Å². The highest BCUT2D eigenvalue weighted by molar-refractivity contribution is 5.15. The molecule has 0 amide bonds. The summed E-state index contributed by atoms with van der Waals surface area (Å²) >= 11 is 0. The predicted octanol–water partition coefficient (Wildman–Crippen LogP) is 9.56. The van der Waals surface area contributed by atoms with Crippen LogP contribution in [-0.4, -0.2) is 9.55 Å². The lowest BCUT2D eigenvalue weighted by atomic mass is 9.90. The summed E-state index contributed by atoms with van der Waals surface area (Å²) in [7, 11) is 0. The van der Waals surface area contributed by atoms with Crippen LogP contribution in [-0.2, 0) is 6.42 Å². The Bertz CT molecular complexity index is 634. The van der Waals surface area contributed by atoms with E-state index in [1.165, 1.54) is 108 Å². The molecule has 0 aliphatic heterocycles. The van der Waals surface area contributed by atoms with Crippen LogP contribution < -0.4 is 0 Å². The summed E-state index contributed by atoms with van der Waals surface area (Å²) in [5.74, 6) is 0.623. The number of unbranched alkanes of at least 4 members (excludes halogenated alkanes) is 14.